The zero-order valence-electron chi connectivity index (χ0n) is 13.5. The minimum absolute atomic E-state index is 0. The first-order valence-corrected chi connectivity index (χ1v) is 7.81. The van der Waals surface area contributed by atoms with E-state index in [0.717, 1.165) is 7.11 Å². The zero-order valence-corrected chi connectivity index (χ0v) is 18.4. The fourth-order valence-electron chi connectivity index (χ4n) is 1.02. The number of hydrogen-bond acceptors (Lipinski definition) is 4. The summed E-state index contributed by atoms with van der Waals surface area (Å²) in [5, 5.41) is 7.00. The maximum Gasteiger partial charge on any atom is 0.0710 e. The van der Waals surface area contributed by atoms with Crippen LogP contribution in [-0.2, 0) is 10.1 Å². The maximum atomic E-state index is 10.0. The molecule has 4 nitrogen and oxygen atoms in total. The summed E-state index contributed by atoms with van der Waals surface area (Å²) in [6.45, 7) is 10.1. The van der Waals surface area contributed by atoms with Gasteiger partial charge in [-0.05, 0) is 17.9 Å². The molecular formula is C16H30O4SU-2. The van der Waals surface area contributed by atoms with E-state index in [1.54, 1.807) is 0 Å². The Morgan fingerprint density at radius 3 is 1.77 bits per heavy atom. The Morgan fingerprint density at radius 2 is 1.55 bits per heavy atom. The van der Waals surface area contributed by atoms with Gasteiger partial charge in [0.2, 0.25) is 0 Å². The Balaban J connectivity index is -0.000000124. The largest absolute Gasteiger partial charge is 0.750 e. The van der Waals surface area contributed by atoms with E-state index >= 15 is 0 Å². The van der Waals surface area contributed by atoms with Crippen LogP contribution in [0.4, 0.5) is 0 Å². The van der Waals surface area contributed by atoms with Crippen LogP contribution < -0.4 is 0 Å². The van der Waals surface area contributed by atoms with E-state index < -0.39 is 14.9 Å². The second-order valence-electron chi connectivity index (χ2n) is 4.93. The molecule has 0 saturated heterocycles. The first-order chi connectivity index (χ1) is 9.09. The minimum atomic E-state index is -4.20. The van der Waals surface area contributed by atoms with Gasteiger partial charge in [0.05, 0.1) is 10.1 Å². The summed E-state index contributed by atoms with van der Waals surface area (Å²) < 4.78 is 28.7. The Bertz CT molecular complexity index is 439. The molecule has 1 aromatic rings. The summed E-state index contributed by atoms with van der Waals surface area (Å²) in [5.74, 6) is 0.709. The van der Waals surface area contributed by atoms with E-state index in [2.05, 4.69) is 51.1 Å². The van der Waals surface area contributed by atoms with E-state index in [1.807, 2.05) is 0 Å². The predicted molar refractivity (Wildman–Crippen MR) is 89.2 cm³/mol. The molecule has 0 aliphatic carbocycles. The third kappa shape index (κ3) is 13.8. The van der Waals surface area contributed by atoms with Crippen molar-refractivity contribution in [1.82, 2.24) is 0 Å². The number of aliphatic hydroxyl groups excluding tert-OH is 1. The number of benzene rings is 1. The molecule has 0 aliphatic rings. The fourth-order valence-corrected chi connectivity index (χ4v) is 1.02. The third-order valence-corrected chi connectivity index (χ3v) is 4.01. The summed E-state index contributed by atoms with van der Waals surface area (Å²) in [6, 6.07) is 10.6. The molecule has 1 unspecified atom stereocenters. The Morgan fingerprint density at radius 1 is 1.23 bits per heavy atom. The second kappa shape index (κ2) is 14.7. The van der Waals surface area contributed by atoms with Gasteiger partial charge >= 0.3 is 0 Å². The summed E-state index contributed by atoms with van der Waals surface area (Å²) >= 11 is 0. The average molecular weight is 557 g/mol. The zero-order chi connectivity index (χ0) is 16.4. The molecule has 0 heterocycles. The molecule has 0 bridgehead atoms. The van der Waals surface area contributed by atoms with Gasteiger partial charge in [0, 0.05) is 38.2 Å². The van der Waals surface area contributed by atoms with Crippen molar-refractivity contribution in [1.29, 1.82) is 0 Å². The summed E-state index contributed by atoms with van der Waals surface area (Å²) in [5.41, 5.74) is 1.45. The second-order valence-corrected chi connectivity index (χ2v) is 6.95. The molecule has 0 aromatic heterocycles. The van der Waals surface area contributed by atoms with Crippen molar-refractivity contribution in [2.24, 2.45) is 0 Å². The third-order valence-electron chi connectivity index (χ3n) is 2.66. The van der Waals surface area contributed by atoms with Crippen molar-refractivity contribution in [3.63, 3.8) is 0 Å². The molecule has 130 valence electrons. The van der Waals surface area contributed by atoms with Crippen LogP contribution in [0.3, 0.4) is 0 Å². The molecule has 0 fully saturated rings. The fraction of sp³-hybridized carbons (Fsp3) is 0.562. The van der Waals surface area contributed by atoms with Crippen LogP contribution in [0, 0.1) is 38.0 Å². The standard InChI is InChI=1S/C10H14.C4H9O3S.CH4O.CH4.U/c1-3-9(2)10-7-5-4-6-8-10;1-4(2,3)8(5,6)7;1-2;;/h4-9H,3H2,1-2H3;1H2,2-3H3,(H,5,6,7);2H,1H3;1H4;/q;-1;;;/p-1. The van der Waals surface area contributed by atoms with Crippen LogP contribution in [0.2, 0.25) is 0 Å². The Labute approximate surface area is 160 Å². The SMILES string of the molecule is C.CCC(C)c1ccccc1.CO.[CH2-]C(C)(C)S(=O)(=O)[O-].[U]. The molecular weight excluding hydrogens is 526 g/mol. The first kappa shape index (κ1) is 30.1. The number of aliphatic hydroxyl groups is 1. The van der Waals surface area contributed by atoms with Gasteiger partial charge in [-0.2, -0.15) is 0 Å². The molecule has 0 amide bonds. The van der Waals surface area contributed by atoms with Gasteiger partial charge in [-0.25, -0.2) is 8.42 Å². The minimum Gasteiger partial charge on any atom is -0.750 e. The Kier molecular flexibility index (Phi) is 20.1. The van der Waals surface area contributed by atoms with Crippen molar-refractivity contribution >= 4 is 10.1 Å². The molecule has 1 rings (SSSR count). The van der Waals surface area contributed by atoms with Gasteiger partial charge < -0.3 is 16.6 Å². The predicted octanol–water partition coefficient (Wildman–Crippen LogP) is 3.59. The van der Waals surface area contributed by atoms with E-state index in [-0.39, 0.29) is 38.5 Å². The summed E-state index contributed by atoms with van der Waals surface area (Å²) in [7, 11) is -3.20. The van der Waals surface area contributed by atoms with E-state index in [9.17, 15) is 13.0 Å². The summed E-state index contributed by atoms with van der Waals surface area (Å²) in [6.07, 6.45) is 1.23. The van der Waals surface area contributed by atoms with Crippen LogP contribution in [-0.4, -0.2) is 29.9 Å². The van der Waals surface area contributed by atoms with Gasteiger partial charge in [-0.1, -0.05) is 70.2 Å². The average Bonchev–Trinajstić information content (AvgIpc) is 2.39. The molecule has 0 aliphatic heterocycles. The van der Waals surface area contributed by atoms with Crippen molar-refractivity contribution in [3.8, 4) is 0 Å². The van der Waals surface area contributed by atoms with Crippen molar-refractivity contribution in [2.45, 2.75) is 52.2 Å². The molecule has 1 atom stereocenters. The van der Waals surface area contributed by atoms with Crippen LogP contribution in [0.25, 0.3) is 0 Å². The van der Waals surface area contributed by atoms with Crippen molar-refractivity contribution in [3.05, 3.63) is 42.8 Å². The maximum absolute atomic E-state index is 10.0. The smallest absolute Gasteiger partial charge is 0.0710 e. The van der Waals surface area contributed by atoms with Gasteiger partial charge in [-0.3, -0.25) is 0 Å². The molecule has 1 aromatic carbocycles. The van der Waals surface area contributed by atoms with E-state index in [4.69, 9.17) is 5.11 Å². The van der Waals surface area contributed by atoms with Gasteiger partial charge in [0.1, 0.15) is 0 Å². The quantitative estimate of drug-likeness (QED) is 0.456. The van der Waals surface area contributed by atoms with Gasteiger partial charge in [0.25, 0.3) is 0 Å². The number of rotatable bonds is 3. The molecule has 6 heteroatoms. The van der Waals surface area contributed by atoms with Crippen LogP contribution in [0.15, 0.2) is 30.3 Å². The van der Waals surface area contributed by atoms with E-state index in [0.29, 0.717) is 5.92 Å². The molecule has 0 saturated carbocycles. The first-order valence-electron chi connectivity index (χ1n) is 6.40. The molecule has 0 spiro atoms. The van der Waals surface area contributed by atoms with Crippen LogP contribution >= 0.6 is 0 Å². The molecule has 1 N–H and O–H groups in total. The number of hydrogen-bond donors (Lipinski definition) is 1. The van der Waals surface area contributed by atoms with Crippen LogP contribution in [0.5, 0.6) is 0 Å². The van der Waals surface area contributed by atoms with Gasteiger partial charge in [0.15, 0.2) is 0 Å². The van der Waals surface area contributed by atoms with Crippen LogP contribution in [0.1, 0.15) is 53.0 Å². The molecule has 0 radical (unpaired) electrons. The molecule has 22 heavy (non-hydrogen) atoms. The Hall–Kier alpha value is 0.142. The van der Waals surface area contributed by atoms with Gasteiger partial charge in [-0.15, -0.1) is 0 Å². The normalized spacial score (nSPS) is 11.3. The monoisotopic (exact) mass is 556 g/mol. The van der Waals surface area contributed by atoms with E-state index in [1.165, 1.54) is 25.8 Å². The summed E-state index contributed by atoms with van der Waals surface area (Å²) in [4.78, 5) is 0. The topological polar surface area (TPSA) is 77.4 Å². The van der Waals surface area contributed by atoms with Crippen molar-refractivity contribution < 1.29 is 49.2 Å². The van der Waals surface area contributed by atoms with Crippen molar-refractivity contribution in [2.75, 3.05) is 7.11 Å².